The molecule has 1 heterocycles. The van der Waals surface area contributed by atoms with Crippen LogP contribution in [0.5, 0.6) is 5.75 Å². The number of benzene rings is 3. The van der Waals surface area contributed by atoms with Gasteiger partial charge in [-0.2, -0.15) is 0 Å². The second kappa shape index (κ2) is 11.2. The van der Waals surface area contributed by atoms with Crippen molar-refractivity contribution in [1.82, 2.24) is 4.90 Å². The van der Waals surface area contributed by atoms with Gasteiger partial charge in [0.15, 0.2) is 0 Å². The zero-order chi connectivity index (χ0) is 24.8. The van der Waals surface area contributed by atoms with Crippen molar-refractivity contribution in [2.45, 2.75) is 13.3 Å². The molecule has 1 N–H and O–H groups in total. The Hall–Kier alpha value is -3.58. The fourth-order valence-corrected chi connectivity index (χ4v) is 4.23. The second-order valence-electron chi connectivity index (χ2n) is 8.25. The normalized spacial score (nSPS) is 13.5. The predicted molar refractivity (Wildman–Crippen MR) is 136 cm³/mol. The molecule has 0 aromatic heterocycles. The van der Waals surface area contributed by atoms with E-state index in [0.29, 0.717) is 49.1 Å². The molecule has 3 aromatic rings. The number of carbonyl (C=O) groups is 2. The molecular formula is C27H27ClFN3O3. The molecule has 1 aliphatic rings. The maximum absolute atomic E-state index is 13.9. The first kappa shape index (κ1) is 24.5. The van der Waals surface area contributed by atoms with E-state index in [1.165, 1.54) is 18.2 Å². The Morgan fingerprint density at radius 1 is 1.00 bits per heavy atom. The number of piperazine rings is 1. The third-order valence-corrected chi connectivity index (χ3v) is 6.11. The lowest BCUT2D eigenvalue weighted by molar-refractivity contribution is 0.0746. The highest BCUT2D eigenvalue weighted by Gasteiger charge is 2.23. The van der Waals surface area contributed by atoms with E-state index in [1.54, 1.807) is 30.3 Å². The highest BCUT2D eigenvalue weighted by atomic mass is 35.5. The van der Waals surface area contributed by atoms with Gasteiger partial charge in [0.05, 0.1) is 22.9 Å². The Morgan fingerprint density at radius 3 is 2.37 bits per heavy atom. The lowest BCUT2D eigenvalue weighted by Crippen LogP contribution is -2.48. The molecule has 1 aliphatic heterocycles. The monoisotopic (exact) mass is 495 g/mol. The van der Waals surface area contributed by atoms with Gasteiger partial charge in [-0.15, -0.1) is 0 Å². The molecule has 0 unspecified atom stereocenters. The van der Waals surface area contributed by atoms with Crippen LogP contribution in [0, 0.1) is 5.82 Å². The molecule has 0 bridgehead atoms. The van der Waals surface area contributed by atoms with Crippen molar-refractivity contribution in [3.8, 4) is 5.75 Å². The van der Waals surface area contributed by atoms with Crippen LogP contribution in [-0.4, -0.2) is 49.5 Å². The van der Waals surface area contributed by atoms with Crippen LogP contribution < -0.4 is 15.0 Å². The van der Waals surface area contributed by atoms with Gasteiger partial charge >= 0.3 is 0 Å². The molecule has 8 heteroatoms. The van der Waals surface area contributed by atoms with E-state index in [9.17, 15) is 14.0 Å². The number of nitrogens with one attached hydrogen (secondary N) is 1. The molecule has 0 radical (unpaired) electrons. The Bertz CT molecular complexity index is 1190. The number of halogens is 2. The van der Waals surface area contributed by atoms with Crippen molar-refractivity contribution in [3.05, 3.63) is 88.7 Å². The van der Waals surface area contributed by atoms with Crippen LogP contribution >= 0.6 is 11.6 Å². The predicted octanol–water partition coefficient (Wildman–Crippen LogP) is 5.48. The summed E-state index contributed by atoms with van der Waals surface area (Å²) in [6, 6.07) is 18.3. The molecule has 0 aliphatic carbocycles. The van der Waals surface area contributed by atoms with E-state index in [4.69, 9.17) is 16.3 Å². The van der Waals surface area contributed by atoms with Gasteiger partial charge in [-0.05, 0) is 61.0 Å². The first-order valence-corrected chi connectivity index (χ1v) is 12.0. The van der Waals surface area contributed by atoms with Crippen LogP contribution in [0.4, 0.5) is 15.8 Å². The smallest absolute Gasteiger partial charge is 0.258 e. The number of hydrogen-bond acceptors (Lipinski definition) is 4. The SMILES string of the molecule is CCCOc1ccc(C(=O)N2CCN(c3ccc(NC(=O)c4ccccc4F)cc3Cl)CC2)cc1. The first-order valence-electron chi connectivity index (χ1n) is 11.6. The Kier molecular flexibility index (Phi) is 7.87. The van der Waals surface area contributed by atoms with Crippen molar-refractivity contribution in [1.29, 1.82) is 0 Å². The van der Waals surface area contributed by atoms with E-state index in [0.717, 1.165) is 17.9 Å². The average molecular weight is 496 g/mol. The summed E-state index contributed by atoms with van der Waals surface area (Å²) in [5, 5.41) is 3.15. The summed E-state index contributed by atoms with van der Waals surface area (Å²) < 4.78 is 19.4. The number of carbonyl (C=O) groups excluding carboxylic acids is 2. The Balaban J connectivity index is 1.34. The van der Waals surface area contributed by atoms with Crippen molar-refractivity contribution < 1.29 is 18.7 Å². The zero-order valence-corrected chi connectivity index (χ0v) is 20.2. The van der Waals surface area contributed by atoms with Crippen molar-refractivity contribution >= 4 is 34.8 Å². The Labute approximate surface area is 209 Å². The molecule has 0 spiro atoms. The molecule has 2 amide bonds. The summed E-state index contributed by atoms with van der Waals surface area (Å²) in [6.07, 6.45) is 0.931. The largest absolute Gasteiger partial charge is 0.494 e. The fraction of sp³-hybridized carbons (Fsp3) is 0.259. The number of ether oxygens (including phenoxy) is 1. The number of nitrogens with zero attached hydrogens (tertiary/aromatic N) is 2. The van der Waals surface area contributed by atoms with E-state index in [1.807, 2.05) is 30.0 Å². The van der Waals surface area contributed by atoms with E-state index in [2.05, 4.69) is 10.2 Å². The molecule has 0 atom stereocenters. The summed E-state index contributed by atoms with van der Waals surface area (Å²) in [5.74, 6) is -0.370. The van der Waals surface area contributed by atoms with Gasteiger partial charge in [0, 0.05) is 37.4 Å². The fourth-order valence-electron chi connectivity index (χ4n) is 3.93. The quantitative estimate of drug-likeness (QED) is 0.471. The zero-order valence-electron chi connectivity index (χ0n) is 19.5. The number of rotatable bonds is 7. The minimum absolute atomic E-state index is 0.0102. The third-order valence-electron chi connectivity index (χ3n) is 5.81. The van der Waals surface area contributed by atoms with Crippen molar-refractivity contribution in [2.24, 2.45) is 0 Å². The summed E-state index contributed by atoms with van der Waals surface area (Å²) in [6.45, 7) is 5.08. The standard InChI is InChI=1S/C27H27ClFN3O3/c1-2-17-35-21-10-7-19(8-11-21)27(34)32-15-13-31(14-16-32)25-12-9-20(18-23(25)28)30-26(33)22-5-3-4-6-24(22)29/h3-12,18H,2,13-17H2,1H3,(H,30,33). The third kappa shape index (κ3) is 5.92. The molecule has 1 saturated heterocycles. The van der Waals surface area contributed by atoms with E-state index < -0.39 is 11.7 Å². The highest BCUT2D eigenvalue weighted by Crippen LogP contribution is 2.30. The molecular weight excluding hydrogens is 469 g/mol. The molecule has 6 nitrogen and oxygen atoms in total. The van der Waals surface area contributed by atoms with Crippen LogP contribution in [0.1, 0.15) is 34.1 Å². The van der Waals surface area contributed by atoms with Crippen molar-refractivity contribution in [3.63, 3.8) is 0 Å². The minimum Gasteiger partial charge on any atom is -0.494 e. The molecule has 0 saturated carbocycles. The van der Waals surface area contributed by atoms with Crippen molar-refractivity contribution in [2.75, 3.05) is 43.0 Å². The van der Waals surface area contributed by atoms with Crippen LogP contribution in [0.2, 0.25) is 5.02 Å². The van der Waals surface area contributed by atoms with Crippen LogP contribution in [0.15, 0.2) is 66.7 Å². The summed E-state index contributed by atoms with van der Waals surface area (Å²) in [5.41, 5.74) is 1.90. The summed E-state index contributed by atoms with van der Waals surface area (Å²) in [7, 11) is 0. The minimum atomic E-state index is -0.582. The highest BCUT2D eigenvalue weighted by molar-refractivity contribution is 6.33. The summed E-state index contributed by atoms with van der Waals surface area (Å²) >= 11 is 6.51. The van der Waals surface area contributed by atoms with Gasteiger partial charge in [-0.25, -0.2) is 4.39 Å². The van der Waals surface area contributed by atoms with Gasteiger partial charge in [0.1, 0.15) is 11.6 Å². The maximum Gasteiger partial charge on any atom is 0.258 e. The van der Waals surface area contributed by atoms with Gasteiger partial charge < -0.3 is 19.9 Å². The van der Waals surface area contributed by atoms with Crippen LogP contribution in [0.25, 0.3) is 0 Å². The molecule has 4 rings (SSSR count). The topological polar surface area (TPSA) is 61.9 Å². The number of hydrogen-bond donors (Lipinski definition) is 1. The molecule has 1 fully saturated rings. The first-order chi connectivity index (χ1) is 17.0. The number of anilines is 2. The van der Waals surface area contributed by atoms with Gasteiger partial charge in [-0.1, -0.05) is 30.7 Å². The van der Waals surface area contributed by atoms with Gasteiger partial charge in [0.2, 0.25) is 0 Å². The summed E-state index contributed by atoms with van der Waals surface area (Å²) in [4.78, 5) is 29.2. The molecule has 182 valence electrons. The van der Waals surface area contributed by atoms with Gasteiger partial charge in [0.25, 0.3) is 11.8 Å². The number of amides is 2. The molecule has 3 aromatic carbocycles. The van der Waals surface area contributed by atoms with E-state index >= 15 is 0 Å². The lowest BCUT2D eigenvalue weighted by atomic mass is 10.1. The lowest BCUT2D eigenvalue weighted by Gasteiger charge is -2.36. The average Bonchev–Trinajstić information content (AvgIpc) is 2.88. The second-order valence-corrected chi connectivity index (χ2v) is 8.66. The molecule has 35 heavy (non-hydrogen) atoms. The maximum atomic E-state index is 13.9. The van der Waals surface area contributed by atoms with Crippen LogP contribution in [0.3, 0.4) is 0 Å². The van der Waals surface area contributed by atoms with E-state index in [-0.39, 0.29) is 11.5 Å². The Morgan fingerprint density at radius 2 is 1.71 bits per heavy atom. The van der Waals surface area contributed by atoms with Crippen LogP contribution in [-0.2, 0) is 0 Å². The van der Waals surface area contributed by atoms with Gasteiger partial charge in [-0.3, -0.25) is 9.59 Å².